The van der Waals surface area contributed by atoms with E-state index < -0.39 is 15.0 Å². The highest BCUT2D eigenvalue weighted by Gasteiger charge is 2.54. The minimum absolute atomic E-state index is 0.217. The lowest BCUT2D eigenvalue weighted by atomic mass is 10.1. The zero-order valence-corrected chi connectivity index (χ0v) is 12.9. The molecular formula is C12H15NO3S3. The highest BCUT2D eigenvalue weighted by molar-refractivity contribution is 8.23. The average molecular weight is 317 g/mol. The summed E-state index contributed by atoms with van der Waals surface area (Å²) < 4.78 is 34.4. The fourth-order valence-corrected chi connectivity index (χ4v) is 5.51. The Bertz CT molecular complexity index is 573. The van der Waals surface area contributed by atoms with E-state index in [4.69, 9.17) is 12.2 Å². The van der Waals surface area contributed by atoms with E-state index in [1.54, 1.807) is 29.2 Å². The van der Waals surface area contributed by atoms with Gasteiger partial charge in [0.2, 0.25) is 4.87 Å². The second-order valence-corrected chi connectivity index (χ2v) is 7.57. The normalized spacial score (nSPS) is 23.9. The molecule has 4 nitrogen and oxygen atoms in total. The van der Waals surface area contributed by atoms with E-state index in [0.717, 1.165) is 6.42 Å². The first-order valence-corrected chi connectivity index (χ1v) is 8.74. The van der Waals surface area contributed by atoms with Crippen molar-refractivity contribution in [2.24, 2.45) is 0 Å². The fraction of sp³-hybridized carbons (Fsp3) is 0.417. The van der Waals surface area contributed by atoms with Crippen molar-refractivity contribution in [1.82, 2.24) is 4.90 Å². The van der Waals surface area contributed by atoms with Gasteiger partial charge in [0.1, 0.15) is 4.32 Å². The Labute approximate surface area is 122 Å². The highest BCUT2D eigenvalue weighted by Crippen LogP contribution is 2.44. The van der Waals surface area contributed by atoms with Crippen LogP contribution in [0.4, 0.5) is 0 Å². The lowest BCUT2D eigenvalue weighted by Gasteiger charge is -2.36. The minimum atomic E-state index is -4.30. The Balaban J connectivity index is 2.63. The largest absolute Gasteiger partial charge is 0.332 e. The molecule has 1 heterocycles. The predicted octanol–water partition coefficient (Wildman–Crippen LogP) is 2.47. The van der Waals surface area contributed by atoms with E-state index in [9.17, 15) is 13.0 Å². The molecule has 0 aliphatic carbocycles. The van der Waals surface area contributed by atoms with Gasteiger partial charge in [-0.3, -0.25) is 4.55 Å². The Kier molecular flexibility index (Phi) is 4.20. The van der Waals surface area contributed by atoms with Crippen molar-refractivity contribution in [3.8, 4) is 0 Å². The van der Waals surface area contributed by atoms with Crippen LogP contribution in [0.2, 0.25) is 0 Å². The fourth-order valence-electron chi connectivity index (χ4n) is 2.26. The van der Waals surface area contributed by atoms with Gasteiger partial charge in [0, 0.05) is 12.3 Å². The van der Waals surface area contributed by atoms with Gasteiger partial charge in [0.15, 0.2) is 0 Å². The van der Waals surface area contributed by atoms with E-state index in [1.165, 1.54) is 11.8 Å². The number of benzene rings is 1. The van der Waals surface area contributed by atoms with E-state index >= 15 is 0 Å². The van der Waals surface area contributed by atoms with E-state index in [-0.39, 0.29) is 5.75 Å². The molecule has 1 saturated heterocycles. The zero-order valence-electron chi connectivity index (χ0n) is 10.4. The van der Waals surface area contributed by atoms with Crippen molar-refractivity contribution in [1.29, 1.82) is 0 Å². The van der Waals surface area contributed by atoms with Crippen LogP contribution >= 0.6 is 24.0 Å². The van der Waals surface area contributed by atoms with Crippen LogP contribution < -0.4 is 0 Å². The lowest BCUT2D eigenvalue weighted by Crippen LogP contribution is -2.50. The van der Waals surface area contributed by atoms with E-state index in [1.807, 2.05) is 13.0 Å². The lowest BCUT2D eigenvalue weighted by molar-refractivity contribution is 0.281. The molecule has 1 N–H and O–H groups in total. The van der Waals surface area contributed by atoms with E-state index in [0.29, 0.717) is 16.4 Å². The Hall–Kier alpha value is -0.630. The quantitative estimate of drug-likeness (QED) is 0.680. The molecule has 0 spiro atoms. The molecule has 0 amide bonds. The summed E-state index contributed by atoms with van der Waals surface area (Å²) in [6.45, 7) is 2.45. The average Bonchev–Trinajstić information content (AvgIpc) is 2.70. The topological polar surface area (TPSA) is 57.6 Å². The summed E-state index contributed by atoms with van der Waals surface area (Å²) in [5.74, 6) is 0.217. The maximum absolute atomic E-state index is 12.0. The summed E-state index contributed by atoms with van der Waals surface area (Å²) in [4.78, 5) is 0.170. The number of hydrogen-bond donors (Lipinski definition) is 1. The third kappa shape index (κ3) is 2.40. The predicted molar refractivity (Wildman–Crippen MR) is 81.7 cm³/mol. The molecule has 1 atom stereocenters. The van der Waals surface area contributed by atoms with Crippen molar-refractivity contribution >= 4 is 38.4 Å². The van der Waals surface area contributed by atoms with E-state index in [2.05, 4.69) is 0 Å². The second kappa shape index (κ2) is 5.40. The molecule has 1 aliphatic heterocycles. The standard InChI is InChI=1S/C12H15NO3S3/c1-2-8-13-11(17)18-9-12(13,19(14,15)16)10-6-4-3-5-7-10/h3-7H,2,8-9H2,1H3,(H,14,15,16)/t12-/m0/s1. The Morgan fingerprint density at radius 1 is 1.42 bits per heavy atom. The van der Waals surface area contributed by atoms with Crippen molar-refractivity contribution in [2.45, 2.75) is 18.2 Å². The second-order valence-electron chi connectivity index (χ2n) is 4.33. The summed E-state index contributed by atoms with van der Waals surface area (Å²) in [7, 11) is -4.30. The molecule has 0 radical (unpaired) electrons. The van der Waals surface area contributed by atoms with Crippen LogP contribution in [0.15, 0.2) is 30.3 Å². The number of hydrogen-bond acceptors (Lipinski definition) is 4. The van der Waals surface area contributed by atoms with Crippen molar-refractivity contribution in [2.75, 3.05) is 12.3 Å². The number of thioether (sulfide) groups is 1. The van der Waals surface area contributed by atoms with Crippen LogP contribution in [-0.2, 0) is 15.0 Å². The SMILES string of the molecule is CCCN1C(=S)SC[C@@]1(c1ccccc1)S(=O)(=O)O. The van der Waals surface area contributed by atoms with Gasteiger partial charge in [-0.05, 0) is 12.0 Å². The van der Waals surface area contributed by atoms with Crippen LogP contribution in [0.3, 0.4) is 0 Å². The Morgan fingerprint density at radius 3 is 2.58 bits per heavy atom. The highest BCUT2D eigenvalue weighted by atomic mass is 32.2. The van der Waals surface area contributed by atoms with Crippen molar-refractivity contribution < 1.29 is 13.0 Å². The summed E-state index contributed by atoms with van der Waals surface area (Å²) >= 11 is 6.53. The molecule has 0 saturated carbocycles. The third-order valence-corrected chi connectivity index (χ3v) is 6.39. The van der Waals surface area contributed by atoms with Crippen LogP contribution in [0.25, 0.3) is 0 Å². The third-order valence-electron chi connectivity index (χ3n) is 3.15. The van der Waals surface area contributed by atoms with Gasteiger partial charge in [-0.25, -0.2) is 0 Å². The molecule has 2 rings (SSSR count). The molecule has 19 heavy (non-hydrogen) atoms. The maximum atomic E-state index is 12.0. The zero-order chi connectivity index (χ0) is 14.1. The van der Waals surface area contributed by atoms with Gasteiger partial charge in [-0.15, -0.1) is 0 Å². The van der Waals surface area contributed by atoms with Gasteiger partial charge in [0.05, 0.1) is 0 Å². The van der Waals surface area contributed by atoms with Crippen LogP contribution in [0, 0.1) is 0 Å². The number of rotatable bonds is 4. The number of nitrogens with zero attached hydrogens (tertiary/aromatic N) is 1. The molecular weight excluding hydrogens is 302 g/mol. The molecule has 1 fully saturated rings. The first kappa shape index (κ1) is 14.8. The molecule has 1 aromatic rings. The van der Waals surface area contributed by atoms with Gasteiger partial charge in [-0.2, -0.15) is 8.42 Å². The van der Waals surface area contributed by atoms with Gasteiger partial charge in [0.25, 0.3) is 10.1 Å². The molecule has 1 aliphatic rings. The van der Waals surface area contributed by atoms with Crippen molar-refractivity contribution in [3.63, 3.8) is 0 Å². The van der Waals surface area contributed by atoms with Crippen LogP contribution in [0.1, 0.15) is 18.9 Å². The summed E-state index contributed by atoms with van der Waals surface area (Å²) in [6, 6.07) is 8.76. The summed E-state index contributed by atoms with van der Waals surface area (Å²) in [6.07, 6.45) is 0.755. The Morgan fingerprint density at radius 2 is 2.05 bits per heavy atom. The van der Waals surface area contributed by atoms with Gasteiger partial charge < -0.3 is 4.90 Å². The minimum Gasteiger partial charge on any atom is -0.332 e. The van der Waals surface area contributed by atoms with Gasteiger partial charge in [-0.1, -0.05) is 61.2 Å². The van der Waals surface area contributed by atoms with Crippen LogP contribution in [0.5, 0.6) is 0 Å². The first-order chi connectivity index (χ1) is 8.93. The monoisotopic (exact) mass is 317 g/mol. The summed E-state index contributed by atoms with van der Waals surface area (Å²) in [5, 5.41) is 0. The molecule has 0 bridgehead atoms. The van der Waals surface area contributed by atoms with Crippen molar-refractivity contribution in [3.05, 3.63) is 35.9 Å². The first-order valence-electron chi connectivity index (χ1n) is 5.90. The number of thiocarbonyl (C=S) groups is 1. The molecule has 1 aromatic carbocycles. The molecule has 0 unspecified atom stereocenters. The maximum Gasteiger partial charge on any atom is 0.294 e. The molecule has 7 heteroatoms. The summed E-state index contributed by atoms with van der Waals surface area (Å²) in [5.41, 5.74) is 0.554. The van der Waals surface area contributed by atoms with Crippen LogP contribution in [-0.4, -0.2) is 34.5 Å². The molecule has 104 valence electrons. The smallest absolute Gasteiger partial charge is 0.294 e. The van der Waals surface area contributed by atoms with Gasteiger partial charge >= 0.3 is 0 Å². The molecule has 0 aromatic heterocycles.